The largest absolute Gasteiger partial charge is 0.494 e. The molecule has 0 saturated heterocycles. The molecule has 0 radical (unpaired) electrons. The molecule has 0 bridgehead atoms. The van der Waals surface area contributed by atoms with Gasteiger partial charge in [0.15, 0.2) is 6.61 Å². The fourth-order valence-electron chi connectivity index (χ4n) is 1.78. The highest BCUT2D eigenvalue weighted by atomic mass is 16.5. The average molecular weight is 309 g/mol. The van der Waals surface area contributed by atoms with Gasteiger partial charge in [0.1, 0.15) is 11.5 Å². The molecule has 1 atom stereocenters. The summed E-state index contributed by atoms with van der Waals surface area (Å²) in [6.45, 7) is 8.83. The van der Waals surface area contributed by atoms with Gasteiger partial charge in [-0.3, -0.25) is 4.79 Å². The van der Waals surface area contributed by atoms with Crippen LogP contribution in [0.3, 0.4) is 0 Å². The van der Waals surface area contributed by atoms with Gasteiger partial charge in [0, 0.05) is 6.54 Å². The Labute approximate surface area is 132 Å². The smallest absolute Gasteiger partial charge is 0.257 e. The highest BCUT2D eigenvalue weighted by molar-refractivity contribution is 5.77. The number of hydrogen-bond acceptors (Lipinski definition) is 4. The topological polar surface area (TPSA) is 67.8 Å². The summed E-state index contributed by atoms with van der Waals surface area (Å²) in [5.74, 6) is 1.19. The van der Waals surface area contributed by atoms with Gasteiger partial charge in [-0.2, -0.15) is 0 Å². The molecule has 22 heavy (non-hydrogen) atoms. The number of carbonyl (C=O) groups is 1. The van der Waals surface area contributed by atoms with Gasteiger partial charge in [-0.15, -0.1) is 0 Å². The van der Waals surface area contributed by atoms with Gasteiger partial charge in [0.05, 0.1) is 12.7 Å². The van der Waals surface area contributed by atoms with Crippen LogP contribution in [0.1, 0.15) is 34.1 Å². The van der Waals surface area contributed by atoms with E-state index in [-0.39, 0.29) is 17.9 Å². The zero-order valence-electron chi connectivity index (χ0n) is 13.9. The lowest BCUT2D eigenvalue weighted by Crippen LogP contribution is -2.34. The molecule has 0 aliphatic rings. The van der Waals surface area contributed by atoms with Crippen molar-refractivity contribution in [2.75, 3.05) is 19.8 Å². The zero-order chi connectivity index (χ0) is 16.6. The molecular weight excluding hydrogens is 282 g/mol. The molecule has 1 amide bonds. The minimum atomic E-state index is -0.445. The first-order valence-corrected chi connectivity index (χ1v) is 7.63. The molecule has 0 saturated carbocycles. The van der Waals surface area contributed by atoms with E-state index in [0.717, 1.165) is 5.75 Å². The molecule has 1 rings (SSSR count). The predicted octanol–water partition coefficient (Wildman–Crippen LogP) is 2.38. The van der Waals surface area contributed by atoms with Gasteiger partial charge in [0.2, 0.25) is 0 Å². The molecule has 1 aromatic rings. The van der Waals surface area contributed by atoms with Crippen molar-refractivity contribution < 1.29 is 19.4 Å². The molecule has 124 valence electrons. The molecule has 1 aromatic carbocycles. The number of rotatable bonds is 8. The van der Waals surface area contributed by atoms with Crippen LogP contribution in [0.5, 0.6) is 11.5 Å². The van der Waals surface area contributed by atoms with E-state index in [0.29, 0.717) is 25.3 Å². The van der Waals surface area contributed by atoms with Crippen molar-refractivity contribution in [3.63, 3.8) is 0 Å². The molecule has 0 spiro atoms. The summed E-state index contributed by atoms with van der Waals surface area (Å²) >= 11 is 0. The van der Waals surface area contributed by atoms with Crippen LogP contribution in [0.15, 0.2) is 24.3 Å². The van der Waals surface area contributed by atoms with Crippen LogP contribution in [0.2, 0.25) is 0 Å². The summed E-state index contributed by atoms with van der Waals surface area (Å²) in [6, 6.07) is 7.14. The number of amides is 1. The van der Waals surface area contributed by atoms with Crippen molar-refractivity contribution in [3.8, 4) is 11.5 Å². The Bertz CT molecular complexity index is 451. The van der Waals surface area contributed by atoms with Crippen molar-refractivity contribution >= 4 is 5.91 Å². The normalized spacial score (nSPS) is 12.6. The maximum absolute atomic E-state index is 11.7. The van der Waals surface area contributed by atoms with Gasteiger partial charge in [-0.1, -0.05) is 20.8 Å². The Morgan fingerprint density at radius 2 is 1.73 bits per heavy atom. The van der Waals surface area contributed by atoms with E-state index in [1.807, 2.05) is 27.7 Å². The highest BCUT2D eigenvalue weighted by Crippen LogP contribution is 2.21. The van der Waals surface area contributed by atoms with Crippen LogP contribution in [-0.4, -0.2) is 36.9 Å². The van der Waals surface area contributed by atoms with E-state index < -0.39 is 6.10 Å². The monoisotopic (exact) mass is 309 g/mol. The third kappa shape index (κ3) is 6.80. The predicted molar refractivity (Wildman–Crippen MR) is 86.2 cm³/mol. The summed E-state index contributed by atoms with van der Waals surface area (Å²) in [6.07, 6.45) is 0.0815. The Balaban J connectivity index is 2.25. The molecule has 0 aromatic heterocycles. The molecule has 2 N–H and O–H groups in total. The zero-order valence-corrected chi connectivity index (χ0v) is 13.9. The third-order valence-electron chi connectivity index (χ3n) is 3.24. The maximum Gasteiger partial charge on any atom is 0.257 e. The van der Waals surface area contributed by atoms with E-state index in [9.17, 15) is 9.90 Å². The van der Waals surface area contributed by atoms with E-state index in [1.54, 1.807) is 24.3 Å². The first-order chi connectivity index (χ1) is 10.3. The first-order valence-electron chi connectivity index (χ1n) is 7.63. The third-order valence-corrected chi connectivity index (χ3v) is 3.24. The van der Waals surface area contributed by atoms with Gasteiger partial charge in [-0.25, -0.2) is 0 Å². The van der Waals surface area contributed by atoms with Crippen LogP contribution in [-0.2, 0) is 4.79 Å². The first kappa shape index (κ1) is 18.3. The van der Waals surface area contributed by atoms with Crippen molar-refractivity contribution in [1.82, 2.24) is 5.32 Å². The van der Waals surface area contributed by atoms with Crippen molar-refractivity contribution in [3.05, 3.63) is 24.3 Å². The number of nitrogens with one attached hydrogen (secondary N) is 1. The lowest BCUT2D eigenvalue weighted by atomic mass is 9.87. The minimum Gasteiger partial charge on any atom is -0.494 e. The van der Waals surface area contributed by atoms with E-state index in [4.69, 9.17) is 9.47 Å². The average Bonchev–Trinajstić information content (AvgIpc) is 2.46. The summed E-state index contributed by atoms with van der Waals surface area (Å²) < 4.78 is 10.7. The van der Waals surface area contributed by atoms with E-state index in [1.165, 1.54) is 0 Å². The van der Waals surface area contributed by atoms with E-state index in [2.05, 4.69) is 5.32 Å². The number of aliphatic hydroxyl groups is 1. The number of benzene rings is 1. The quantitative estimate of drug-likeness (QED) is 0.773. The number of carbonyl (C=O) groups excluding carboxylic acids is 1. The Morgan fingerprint density at radius 1 is 1.18 bits per heavy atom. The van der Waals surface area contributed by atoms with Crippen LogP contribution < -0.4 is 14.8 Å². The molecule has 0 aliphatic heterocycles. The summed E-state index contributed by atoms with van der Waals surface area (Å²) in [5, 5.41) is 12.6. The Morgan fingerprint density at radius 3 is 2.23 bits per heavy atom. The molecule has 5 nitrogen and oxygen atoms in total. The van der Waals surface area contributed by atoms with Gasteiger partial charge >= 0.3 is 0 Å². The van der Waals surface area contributed by atoms with E-state index >= 15 is 0 Å². The number of ether oxygens (including phenoxy) is 2. The van der Waals surface area contributed by atoms with Crippen LogP contribution in [0.4, 0.5) is 0 Å². The molecular formula is C17H27NO4. The van der Waals surface area contributed by atoms with Crippen molar-refractivity contribution in [2.45, 2.75) is 40.2 Å². The van der Waals surface area contributed by atoms with Crippen LogP contribution >= 0.6 is 0 Å². The SMILES string of the molecule is CCOc1ccc(OCC(=O)NCCC(O)C(C)(C)C)cc1. The molecule has 0 fully saturated rings. The van der Waals surface area contributed by atoms with Gasteiger partial charge in [0.25, 0.3) is 5.91 Å². The standard InChI is InChI=1S/C17H27NO4/c1-5-21-13-6-8-14(9-7-13)22-12-16(20)18-11-10-15(19)17(2,3)4/h6-9,15,19H,5,10-12H2,1-4H3,(H,18,20). The Hall–Kier alpha value is -1.75. The molecule has 1 unspecified atom stereocenters. The molecule has 0 heterocycles. The van der Waals surface area contributed by atoms with Crippen LogP contribution in [0.25, 0.3) is 0 Å². The summed E-state index contributed by atoms with van der Waals surface area (Å²) in [5.41, 5.74) is -0.177. The lowest BCUT2D eigenvalue weighted by Gasteiger charge is -2.25. The van der Waals surface area contributed by atoms with Crippen molar-refractivity contribution in [2.24, 2.45) is 5.41 Å². The van der Waals surface area contributed by atoms with Crippen molar-refractivity contribution in [1.29, 1.82) is 0 Å². The second kappa shape index (κ2) is 8.63. The van der Waals surface area contributed by atoms with Crippen LogP contribution in [0, 0.1) is 5.41 Å². The summed E-state index contributed by atoms with van der Waals surface area (Å²) in [4.78, 5) is 11.7. The number of hydrogen-bond donors (Lipinski definition) is 2. The maximum atomic E-state index is 11.7. The second-order valence-electron chi connectivity index (χ2n) is 6.21. The Kier molecular flexibility index (Phi) is 7.18. The fourth-order valence-corrected chi connectivity index (χ4v) is 1.78. The van der Waals surface area contributed by atoms with Gasteiger partial charge < -0.3 is 19.9 Å². The fraction of sp³-hybridized carbons (Fsp3) is 0.588. The molecule has 5 heteroatoms. The molecule has 0 aliphatic carbocycles. The lowest BCUT2D eigenvalue weighted by molar-refractivity contribution is -0.123. The highest BCUT2D eigenvalue weighted by Gasteiger charge is 2.21. The van der Waals surface area contributed by atoms with Gasteiger partial charge in [-0.05, 0) is 43.0 Å². The second-order valence-corrected chi connectivity index (χ2v) is 6.21. The minimum absolute atomic E-state index is 0.0421. The number of aliphatic hydroxyl groups excluding tert-OH is 1. The summed E-state index contributed by atoms with van der Waals surface area (Å²) in [7, 11) is 0.